The minimum atomic E-state index is 0.479. The van der Waals surface area contributed by atoms with E-state index in [1.807, 2.05) is 29.6 Å². The van der Waals surface area contributed by atoms with Crippen LogP contribution in [0.25, 0.3) is 21.7 Å². The van der Waals surface area contributed by atoms with Crippen LogP contribution in [0.15, 0.2) is 35.8 Å². The zero-order valence-corrected chi connectivity index (χ0v) is 9.66. The fourth-order valence-corrected chi connectivity index (χ4v) is 2.48. The smallest absolute Gasteiger partial charge is 0.180 e. The molecule has 0 radical (unpaired) electrons. The van der Waals surface area contributed by atoms with Crippen LogP contribution in [0.2, 0.25) is 5.15 Å². The lowest BCUT2D eigenvalue weighted by atomic mass is 10.3. The van der Waals surface area contributed by atoms with Gasteiger partial charge in [-0.25, -0.2) is 9.97 Å². The molecule has 3 rings (SSSR count). The Morgan fingerprint density at radius 1 is 1.12 bits per heavy atom. The highest BCUT2D eigenvalue weighted by atomic mass is 35.5. The van der Waals surface area contributed by atoms with Gasteiger partial charge in [0.25, 0.3) is 0 Å². The first-order valence-corrected chi connectivity index (χ1v) is 5.92. The van der Waals surface area contributed by atoms with Crippen LogP contribution in [-0.2, 0) is 0 Å². The van der Waals surface area contributed by atoms with E-state index >= 15 is 0 Å². The molecule has 5 heteroatoms. The molecule has 0 saturated heterocycles. The van der Waals surface area contributed by atoms with Gasteiger partial charge in [-0.15, -0.1) is 11.3 Å². The monoisotopic (exact) mass is 247 g/mol. The topological polar surface area (TPSA) is 38.7 Å². The Morgan fingerprint density at radius 3 is 2.88 bits per heavy atom. The van der Waals surface area contributed by atoms with Gasteiger partial charge in [-0.3, -0.25) is 4.98 Å². The van der Waals surface area contributed by atoms with Crippen LogP contribution < -0.4 is 0 Å². The first-order valence-electron chi connectivity index (χ1n) is 4.67. The molecule has 0 aliphatic carbocycles. The van der Waals surface area contributed by atoms with E-state index in [-0.39, 0.29) is 0 Å². The lowest BCUT2D eigenvalue weighted by molar-refractivity contribution is 1.18. The molecular formula is C11H6ClN3S. The second kappa shape index (κ2) is 3.81. The molecule has 0 unspecified atom stereocenters. The average molecular weight is 248 g/mol. The third-order valence-electron chi connectivity index (χ3n) is 2.17. The minimum absolute atomic E-state index is 0.479. The Labute approximate surface area is 101 Å². The molecule has 78 valence electrons. The number of rotatable bonds is 1. The molecule has 0 N–H and O–H groups in total. The van der Waals surface area contributed by atoms with Crippen LogP contribution in [0.3, 0.4) is 0 Å². The summed E-state index contributed by atoms with van der Waals surface area (Å²) < 4.78 is 0. The van der Waals surface area contributed by atoms with E-state index in [9.17, 15) is 0 Å². The Kier molecular flexibility index (Phi) is 2.31. The normalized spacial score (nSPS) is 10.8. The second-order valence-electron chi connectivity index (χ2n) is 3.19. The van der Waals surface area contributed by atoms with Crippen molar-refractivity contribution in [3.63, 3.8) is 0 Å². The van der Waals surface area contributed by atoms with E-state index < -0.39 is 0 Å². The molecular weight excluding hydrogens is 242 g/mol. The van der Waals surface area contributed by atoms with Crippen LogP contribution in [-0.4, -0.2) is 15.0 Å². The number of pyridine rings is 1. The van der Waals surface area contributed by atoms with Gasteiger partial charge in [-0.1, -0.05) is 17.7 Å². The maximum atomic E-state index is 6.08. The molecule has 0 aliphatic rings. The summed E-state index contributed by atoms with van der Waals surface area (Å²) in [6.45, 7) is 0. The van der Waals surface area contributed by atoms with E-state index in [2.05, 4.69) is 15.0 Å². The molecule has 3 aromatic heterocycles. The predicted octanol–water partition coefficient (Wildman–Crippen LogP) is 3.41. The molecule has 0 fully saturated rings. The zero-order valence-electron chi connectivity index (χ0n) is 8.09. The predicted molar refractivity (Wildman–Crippen MR) is 65.7 cm³/mol. The van der Waals surface area contributed by atoms with Crippen LogP contribution in [0.5, 0.6) is 0 Å². The number of hydrogen-bond donors (Lipinski definition) is 0. The number of nitrogens with zero attached hydrogens (tertiary/aromatic N) is 3. The van der Waals surface area contributed by atoms with Gasteiger partial charge in [0.2, 0.25) is 0 Å². The molecule has 3 aromatic rings. The Bertz CT molecular complexity index is 636. The van der Waals surface area contributed by atoms with Gasteiger partial charge in [0, 0.05) is 11.6 Å². The number of aromatic nitrogens is 3. The van der Waals surface area contributed by atoms with E-state index in [0.29, 0.717) is 11.0 Å². The molecule has 0 bridgehead atoms. The van der Waals surface area contributed by atoms with Crippen LogP contribution in [0.4, 0.5) is 0 Å². The summed E-state index contributed by atoms with van der Waals surface area (Å²) in [5.41, 5.74) is 0.736. The van der Waals surface area contributed by atoms with Gasteiger partial charge in [0.05, 0.1) is 0 Å². The Balaban J connectivity index is 2.25. The highest BCUT2D eigenvalue weighted by Crippen LogP contribution is 2.27. The first kappa shape index (κ1) is 9.69. The third kappa shape index (κ3) is 1.56. The lowest BCUT2D eigenvalue weighted by Gasteiger charge is -2.00. The highest BCUT2D eigenvalue weighted by molar-refractivity contribution is 7.16. The summed E-state index contributed by atoms with van der Waals surface area (Å²) in [6, 6.07) is 7.54. The fraction of sp³-hybridized carbons (Fsp3) is 0. The van der Waals surface area contributed by atoms with Gasteiger partial charge in [0.15, 0.2) is 5.82 Å². The molecule has 16 heavy (non-hydrogen) atoms. The van der Waals surface area contributed by atoms with Crippen molar-refractivity contribution in [2.45, 2.75) is 0 Å². The number of thiophene rings is 1. The summed E-state index contributed by atoms with van der Waals surface area (Å²) in [5, 5.41) is 3.33. The molecule has 0 aromatic carbocycles. The van der Waals surface area contributed by atoms with Gasteiger partial charge in [-0.2, -0.15) is 0 Å². The second-order valence-corrected chi connectivity index (χ2v) is 4.45. The molecule has 0 aliphatic heterocycles. The number of hydrogen-bond acceptors (Lipinski definition) is 4. The molecule has 0 atom stereocenters. The van der Waals surface area contributed by atoms with Crippen molar-refractivity contribution in [2.75, 3.05) is 0 Å². The van der Waals surface area contributed by atoms with Crippen molar-refractivity contribution in [1.82, 2.24) is 15.0 Å². The summed E-state index contributed by atoms with van der Waals surface area (Å²) in [7, 11) is 0. The summed E-state index contributed by atoms with van der Waals surface area (Å²) >= 11 is 7.63. The molecule has 3 heterocycles. The van der Waals surface area contributed by atoms with Gasteiger partial charge in [-0.05, 0) is 23.6 Å². The van der Waals surface area contributed by atoms with Crippen molar-refractivity contribution in [3.05, 3.63) is 41.0 Å². The molecule has 0 saturated carbocycles. The van der Waals surface area contributed by atoms with Crippen LogP contribution >= 0.6 is 22.9 Å². The van der Waals surface area contributed by atoms with Crippen molar-refractivity contribution in [1.29, 1.82) is 0 Å². The van der Waals surface area contributed by atoms with Gasteiger partial charge >= 0.3 is 0 Å². The van der Waals surface area contributed by atoms with Crippen molar-refractivity contribution < 1.29 is 0 Å². The summed E-state index contributed by atoms with van der Waals surface area (Å²) in [6.07, 6.45) is 1.71. The lowest BCUT2D eigenvalue weighted by Crippen LogP contribution is -1.91. The average Bonchev–Trinajstić information content (AvgIpc) is 2.79. The minimum Gasteiger partial charge on any atom is -0.253 e. The van der Waals surface area contributed by atoms with Crippen molar-refractivity contribution in [3.8, 4) is 11.5 Å². The van der Waals surface area contributed by atoms with E-state index in [0.717, 1.165) is 15.9 Å². The summed E-state index contributed by atoms with van der Waals surface area (Å²) in [4.78, 5) is 13.8. The number of fused-ring (bicyclic) bond motifs is 1. The maximum absolute atomic E-state index is 6.08. The third-order valence-corrected chi connectivity index (χ3v) is 3.27. The fourth-order valence-electron chi connectivity index (χ4n) is 1.43. The molecule has 3 nitrogen and oxygen atoms in total. The maximum Gasteiger partial charge on any atom is 0.180 e. The van der Waals surface area contributed by atoms with Crippen molar-refractivity contribution >= 4 is 33.2 Å². The van der Waals surface area contributed by atoms with Crippen LogP contribution in [0.1, 0.15) is 0 Å². The Morgan fingerprint density at radius 2 is 2.06 bits per heavy atom. The highest BCUT2D eigenvalue weighted by Gasteiger charge is 2.08. The molecule has 0 spiro atoms. The standard InChI is InChI=1S/C11H6ClN3S/c12-9-7-4-6-16-11(7)15-10(14-9)8-3-1-2-5-13-8/h1-6H. The molecule has 0 amide bonds. The van der Waals surface area contributed by atoms with Crippen molar-refractivity contribution in [2.24, 2.45) is 0 Å². The largest absolute Gasteiger partial charge is 0.253 e. The first-order chi connectivity index (χ1) is 7.84. The zero-order chi connectivity index (χ0) is 11.0. The quantitative estimate of drug-likeness (QED) is 0.619. The van der Waals surface area contributed by atoms with E-state index in [1.165, 1.54) is 0 Å². The van der Waals surface area contributed by atoms with Crippen LogP contribution in [0, 0.1) is 0 Å². The SMILES string of the molecule is Clc1nc(-c2ccccn2)nc2sccc12. The Hall–Kier alpha value is -1.52. The van der Waals surface area contributed by atoms with Gasteiger partial charge < -0.3 is 0 Å². The number of halogens is 1. The van der Waals surface area contributed by atoms with Gasteiger partial charge in [0.1, 0.15) is 15.7 Å². The van der Waals surface area contributed by atoms with E-state index in [1.54, 1.807) is 17.5 Å². The summed E-state index contributed by atoms with van der Waals surface area (Å²) in [5.74, 6) is 0.570. The van der Waals surface area contributed by atoms with E-state index in [4.69, 9.17) is 11.6 Å².